The number of rotatable bonds is 5. The van der Waals surface area contributed by atoms with Crippen LogP contribution in [0.2, 0.25) is 0 Å². The Morgan fingerprint density at radius 2 is 2.09 bits per heavy atom. The largest absolute Gasteiger partial charge is 0.356 e. The van der Waals surface area contributed by atoms with Gasteiger partial charge in [-0.3, -0.25) is 4.79 Å². The summed E-state index contributed by atoms with van der Waals surface area (Å²) in [5.41, 5.74) is 2.60. The fourth-order valence-electron chi connectivity index (χ4n) is 2.23. The molecule has 0 unspecified atom stereocenters. The Bertz CT molecular complexity index is 697. The van der Waals surface area contributed by atoms with E-state index in [2.05, 4.69) is 29.1 Å². The number of amides is 1. The molecule has 1 aromatic carbocycles. The Hall–Kier alpha value is -2.43. The van der Waals surface area contributed by atoms with E-state index in [-0.39, 0.29) is 11.9 Å². The van der Waals surface area contributed by atoms with Crippen LogP contribution in [0.25, 0.3) is 11.4 Å². The second-order valence-corrected chi connectivity index (χ2v) is 5.86. The lowest BCUT2D eigenvalue weighted by molar-refractivity contribution is 0.0955. The zero-order valence-corrected chi connectivity index (χ0v) is 14.4. The summed E-state index contributed by atoms with van der Waals surface area (Å²) in [5.74, 6) is 1.13. The molecule has 2 aromatic rings. The van der Waals surface area contributed by atoms with Gasteiger partial charge < -0.3 is 10.2 Å². The first-order valence-electron chi connectivity index (χ1n) is 7.89. The van der Waals surface area contributed by atoms with Crippen LogP contribution < -0.4 is 10.2 Å². The van der Waals surface area contributed by atoms with Crippen LogP contribution in [0.15, 0.2) is 30.5 Å². The van der Waals surface area contributed by atoms with Crippen LogP contribution in [-0.2, 0) is 0 Å². The SMILES string of the molecule is CCNC(=O)c1cnc(-c2cccc(C)c2)nc1N(C)C(C)C. The van der Waals surface area contributed by atoms with E-state index in [1.54, 1.807) is 6.20 Å². The van der Waals surface area contributed by atoms with Gasteiger partial charge >= 0.3 is 0 Å². The smallest absolute Gasteiger partial charge is 0.256 e. The number of aromatic nitrogens is 2. The minimum atomic E-state index is -0.147. The van der Waals surface area contributed by atoms with Crippen molar-refractivity contribution in [3.8, 4) is 11.4 Å². The summed E-state index contributed by atoms with van der Waals surface area (Å²) < 4.78 is 0. The van der Waals surface area contributed by atoms with Gasteiger partial charge in [0, 0.05) is 31.4 Å². The Labute approximate surface area is 137 Å². The van der Waals surface area contributed by atoms with E-state index in [9.17, 15) is 4.79 Å². The van der Waals surface area contributed by atoms with Crippen molar-refractivity contribution in [1.29, 1.82) is 0 Å². The third-order valence-corrected chi connectivity index (χ3v) is 3.74. The van der Waals surface area contributed by atoms with Gasteiger partial charge in [-0.1, -0.05) is 23.8 Å². The lowest BCUT2D eigenvalue weighted by Gasteiger charge is -2.25. The number of nitrogens with one attached hydrogen (secondary N) is 1. The maximum atomic E-state index is 12.3. The molecular formula is C18H24N4O. The predicted octanol–water partition coefficient (Wildman–Crippen LogP) is 3.05. The molecule has 1 aromatic heterocycles. The highest BCUT2D eigenvalue weighted by atomic mass is 16.1. The first-order valence-corrected chi connectivity index (χ1v) is 7.89. The Balaban J connectivity index is 2.53. The highest BCUT2D eigenvalue weighted by molar-refractivity contribution is 5.98. The van der Waals surface area contributed by atoms with E-state index >= 15 is 0 Å². The molecule has 5 nitrogen and oxygen atoms in total. The van der Waals surface area contributed by atoms with Gasteiger partial charge in [-0.15, -0.1) is 0 Å². The number of anilines is 1. The van der Waals surface area contributed by atoms with Crippen molar-refractivity contribution in [3.63, 3.8) is 0 Å². The Kier molecular flexibility index (Phi) is 5.32. The molecule has 0 aliphatic rings. The average Bonchev–Trinajstić information content (AvgIpc) is 2.53. The van der Waals surface area contributed by atoms with Crippen molar-refractivity contribution in [1.82, 2.24) is 15.3 Å². The zero-order valence-electron chi connectivity index (χ0n) is 14.4. The number of hydrogen-bond acceptors (Lipinski definition) is 4. The van der Waals surface area contributed by atoms with Gasteiger partial charge in [-0.2, -0.15) is 0 Å². The van der Waals surface area contributed by atoms with Crippen molar-refractivity contribution < 1.29 is 4.79 Å². The molecule has 23 heavy (non-hydrogen) atoms. The topological polar surface area (TPSA) is 58.1 Å². The fraction of sp³-hybridized carbons (Fsp3) is 0.389. The van der Waals surface area contributed by atoms with E-state index in [1.807, 2.05) is 50.1 Å². The van der Waals surface area contributed by atoms with Crippen molar-refractivity contribution >= 4 is 11.7 Å². The number of aryl methyl sites for hydroxylation is 1. The highest BCUT2D eigenvalue weighted by Crippen LogP contribution is 2.23. The third kappa shape index (κ3) is 3.86. The molecule has 5 heteroatoms. The summed E-state index contributed by atoms with van der Waals surface area (Å²) in [4.78, 5) is 23.3. The molecule has 0 aliphatic heterocycles. The van der Waals surface area contributed by atoms with Gasteiger partial charge in [-0.25, -0.2) is 9.97 Å². The van der Waals surface area contributed by atoms with E-state index in [1.165, 1.54) is 0 Å². The fourth-order valence-corrected chi connectivity index (χ4v) is 2.23. The first-order chi connectivity index (χ1) is 10.9. The van der Waals surface area contributed by atoms with Gasteiger partial charge in [0.25, 0.3) is 5.91 Å². The molecule has 0 atom stereocenters. The molecule has 0 bridgehead atoms. The van der Waals surface area contributed by atoms with Crippen LogP contribution >= 0.6 is 0 Å². The normalized spacial score (nSPS) is 10.7. The predicted molar refractivity (Wildman–Crippen MR) is 93.8 cm³/mol. The Morgan fingerprint density at radius 1 is 1.35 bits per heavy atom. The molecule has 0 saturated carbocycles. The Morgan fingerprint density at radius 3 is 2.70 bits per heavy atom. The number of benzene rings is 1. The van der Waals surface area contributed by atoms with E-state index in [0.717, 1.165) is 11.1 Å². The van der Waals surface area contributed by atoms with Gasteiger partial charge in [0.15, 0.2) is 5.82 Å². The summed E-state index contributed by atoms with van der Waals surface area (Å²) in [5, 5.41) is 2.82. The maximum absolute atomic E-state index is 12.3. The highest BCUT2D eigenvalue weighted by Gasteiger charge is 2.19. The van der Waals surface area contributed by atoms with Crippen LogP contribution in [0.4, 0.5) is 5.82 Å². The van der Waals surface area contributed by atoms with Crippen LogP contribution in [0.5, 0.6) is 0 Å². The number of carbonyl (C=O) groups excluding carboxylic acids is 1. The van der Waals surface area contributed by atoms with Gasteiger partial charge in [0.2, 0.25) is 0 Å². The van der Waals surface area contributed by atoms with Gasteiger partial charge in [0.05, 0.1) is 0 Å². The van der Waals surface area contributed by atoms with E-state index < -0.39 is 0 Å². The van der Waals surface area contributed by atoms with Crippen LogP contribution in [0.1, 0.15) is 36.7 Å². The van der Waals surface area contributed by atoms with Crippen LogP contribution in [-0.4, -0.2) is 35.5 Å². The summed E-state index contributed by atoms with van der Waals surface area (Å²) in [6.45, 7) is 8.63. The summed E-state index contributed by atoms with van der Waals surface area (Å²) in [6, 6.07) is 8.27. The molecule has 1 heterocycles. The molecule has 0 saturated heterocycles. The molecule has 0 spiro atoms. The van der Waals surface area contributed by atoms with E-state index in [0.29, 0.717) is 23.8 Å². The third-order valence-electron chi connectivity index (χ3n) is 3.74. The van der Waals surface area contributed by atoms with Crippen LogP contribution in [0, 0.1) is 6.92 Å². The second-order valence-electron chi connectivity index (χ2n) is 5.86. The van der Waals surface area contributed by atoms with Gasteiger partial charge in [0.1, 0.15) is 11.4 Å². The van der Waals surface area contributed by atoms with Crippen molar-refractivity contribution in [2.24, 2.45) is 0 Å². The van der Waals surface area contributed by atoms with Gasteiger partial charge in [-0.05, 0) is 33.8 Å². The molecule has 0 aliphatic carbocycles. The summed E-state index contributed by atoms with van der Waals surface area (Å²) in [7, 11) is 1.94. The van der Waals surface area contributed by atoms with E-state index in [4.69, 9.17) is 0 Å². The monoisotopic (exact) mass is 312 g/mol. The van der Waals surface area contributed by atoms with Crippen LogP contribution in [0.3, 0.4) is 0 Å². The van der Waals surface area contributed by atoms with Crippen molar-refractivity contribution in [3.05, 3.63) is 41.6 Å². The molecule has 1 amide bonds. The quantitative estimate of drug-likeness (QED) is 0.922. The molecule has 2 rings (SSSR count). The molecule has 0 radical (unpaired) electrons. The van der Waals surface area contributed by atoms with Crippen molar-refractivity contribution in [2.45, 2.75) is 33.7 Å². The first kappa shape index (κ1) is 16.9. The average molecular weight is 312 g/mol. The minimum Gasteiger partial charge on any atom is -0.356 e. The molecule has 0 fully saturated rings. The van der Waals surface area contributed by atoms with Crippen molar-refractivity contribution in [2.75, 3.05) is 18.5 Å². The molecule has 1 N–H and O–H groups in total. The maximum Gasteiger partial charge on any atom is 0.256 e. The minimum absolute atomic E-state index is 0.147. The number of carbonyl (C=O) groups is 1. The standard InChI is InChI=1S/C18H24N4O/c1-6-19-18(23)15-11-20-16(14-9-7-8-13(4)10-14)21-17(15)22(5)12(2)3/h7-12H,6H2,1-5H3,(H,19,23). The molecular weight excluding hydrogens is 288 g/mol. The summed E-state index contributed by atoms with van der Waals surface area (Å²) in [6.07, 6.45) is 1.61. The molecule has 122 valence electrons. The number of nitrogens with zero attached hydrogens (tertiary/aromatic N) is 3. The number of hydrogen-bond donors (Lipinski definition) is 1. The second kappa shape index (κ2) is 7.22. The summed E-state index contributed by atoms with van der Waals surface area (Å²) >= 11 is 0. The lowest BCUT2D eigenvalue weighted by atomic mass is 10.1. The lowest BCUT2D eigenvalue weighted by Crippen LogP contribution is -2.31. The zero-order chi connectivity index (χ0) is 17.0.